The molecule has 0 fully saturated rings. The second kappa shape index (κ2) is 12.1. The van der Waals surface area contributed by atoms with Gasteiger partial charge in [-0.15, -0.1) is 35.3 Å². The van der Waals surface area contributed by atoms with Gasteiger partial charge < -0.3 is 16.0 Å². The Labute approximate surface area is 174 Å². The third-order valence-electron chi connectivity index (χ3n) is 3.29. The SMILES string of the molecule is CN=C(NCCNC(=O)c1ccccc1Cl)NCCc1cccs1.I. The Hall–Kier alpha value is -1.32. The van der Waals surface area contributed by atoms with Gasteiger partial charge in [-0.3, -0.25) is 9.79 Å². The lowest BCUT2D eigenvalue weighted by Crippen LogP contribution is -2.42. The minimum atomic E-state index is -0.178. The van der Waals surface area contributed by atoms with Gasteiger partial charge in [0.15, 0.2) is 5.96 Å². The third kappa shape index (κ3) is 7.62. The molecule has 5 nitrogen and oxygen atoms in total. The molecule has 0 unspecified atom stereocenters. The molecule has 1 amide bonds. The van der Waals surface area contributed by atoms with Gasteiger partial charge in [-0.2, -0.15) is 0 Å². The monoisotopic (exact) mass is 492 g/mol. The van der Waals surface area contributed by atoms with Crippen molar-refractivity contribution in [3.63, 3.8) is 0 Å². The maximum absolute atomic E-state index is 12.0. The van der Waals surface area contributed by atoms with Crippen molar-refractivity contribution in [1.29, 1.82) is 0 Å². The first-order valence-corrected chi connectivity index (χ1v) is 8.96. The van der Waals surface area contributed by atoms with E-state index < -0.39 is 0 Å². The molecule has 0 aliphatic heterocycles. The van der Waals surface area contributed by atoms with E-state index in [0.29, 0.717) is 23.7 Å². The summed E-state index contributed by atoms with van der Waals surface area (Å²) in [5.74, 6) is 0.543. The van der Waals surface area contributed by atoms with Gasteiger partial charge in [-0.05, 0) is 30.0 Å². The Morgan fingerprint density at radius 3 is 2.48 bits per heavy atom. The molecule has 25 heavy (non-hydrogen) atoms. The average Bonchev–Trinajstić information content (AvgIpc) is 3.10. The predicted octanol–water partition coefficient (Wildman–Crippen LogP) is 3.16. The zero-order valence-corrected chi connectivity index (χ0v) is 17.8. The number of hydrogen-bond donors (Lipinski definition) is 3. The van der Waals surface area contributed by atoms with Crippen LogP contribution < -0.4 is 16.0 Å². The lowest BCUT2D eigenvalue weighted by atomic mass is 10.2. The molecule has 2 rings (SSSR count). The Kier molecular flexibility index (Phi) is 10.5. The molecule has 8 heteroatoms. The number of halogens is 2. The molecule has 0 radical (unpaired) electrons. The van der Waals surface area contributed by atoms with Crippen LogP contribution in [0.1, 0.15) is 15.2 Å². The average molecular weight is 493 g/mol. The fourth-order valence-electron chi connectivity index (χ4n) is 2.08. The molecule has 0 aliphatic carbocycles. The normalized spacial score (nSPS) is 10.7. The highest BCUT2D eigenvalue weighted by atomic mass is 127. The van der Waals surface area contributed by atoms with E-state index in [9.17, 15) is 4.79 Å². The van der Waals surface area contributed by atoms with Gasteiger partial charge >= 0.3 is 0 Å². The van der Waals surface area contributed by atoms with Crippen molar-refractivity contribution in [1.82, 2.24) is 16.0 Å². The van der Waals surface area contributed by atoms with Crippen molar-refractivity contribution in [3.8, 4) is 0 Å². The smallest absolute Gasteiger partial charge is 0.252 e. The molecule has 1 aromatic carbocycles. The Morgan fingerprint density at radius 1 is 1.08 bits per heavy atom. The van der Waals surface area contributed by atoms with E-state index in [1.165, 1.54) is 4.88 Å². The molecular formula is C17H22ClIN4OS. The van der Waals surface area contributed by atoms with E-state index in [1.807, 2.05) is 0 Å². The molecule has 136 valence electrons. The van der Waals surface area contributed by atoms with Crippen molar-refractivity contribution < 1.29 is 4.79 Å². The lowest BCUT2D eigenvalue weighted by molar-refractivity contribution is 0.0954. The first kappa shape index (κ1) is 21.7. The van der Waals surface area contributed by atoms with Gasteiger partial charge in [0.25, 0.3) is 5.91 Å². The van der Waals surface area contributed by atoms with Crippen LogP contribution in [0.4, 0.5) is 0 Å². The number of rotatable bonds is 7. The number of benzene rings is 1. The van der Waals surface area contributed by atoms with E-state index in [4.69, 9.17) is 11.6 Å². The number of carbonyl (C=O) groups excluding carboxylic acids is 1. The summed E-state index contributed by atoms with van der Waals surface area (Å²) in [5.41, 5.74) is 0.484. The maximum Gasteiger partial charge on any atom is 0.252 e. The highest BCUT2D eigenvalue weighted by molar-refractivity contribution is 14.0. The van der Waals surface area contributed by atoms with Gasteiger partial charge in [-0.25, -0.2) is 0 Å². The second-order valence-corrected chi connectivity index (χ2v) is 6.43. The topological polar surface area (TPSA) is 65.5 Å². The highest BCUT2D eigenvalue weighted by Crippen LogP contribution is 2.14. The molecular weight excluding hydrogens is 471 g/mol. The zero-order valence-electron chi connectivity index (χ0n) is 13.9. The summed E-state index contributed by atoms with van der Waals surface area (Å²) < 4.78 is 0. The second-order valence-electron chi connectivity index (χ2n) is 4.99. The fraction of sp³-hybridized carbons (Fsp3) is 0.294. The lowest BCUT2D eigenvalue weighted by Gasteiger charge is -2.12. The number of nitrogens with zero attached hydrogens (tertiary/aromatic N) is 1. The van der Waals surface area contributed by atoms with E-state index in [1.54, 1.807) is 42.6 Å². The number of carbonyl (C=O) groups is 1. The van der Waals surface area contributed by atoms with Gasteiger partial charge in [0.05, 0.1) is 10.6 Å². The van der Waals surface area contributed by atoms with Crippen LogP contribution in [0.15, 0.2) is 46.8 Å². The summed E-state index contributed by atoms with van der Waals surface area (Å²) in [4.78, 5) is 17.5. The van der Waals surface area contributed by atoms with Gasteiger partial charge in [-0.1, -0.05) is 29.8 Å². The molecule has 1 heterocycles. The van der Waals surface area contributed by atoms with Crippen molar-refractivity contribution in [3.05, 3.63) is 57.2 Å². The van der Waals surface area contributed by atoms with Crippen LogP contribution in [0.2, 0.25) is 5.02 Å². The predicted molar refractivity (Wildman–Crippen MR) is 117 cm³/mol. The van der Waals surface area contributed by atoms with E-state index in [-0.39, 0.29) is 29.9 Å². The first-order valence-electron chi connectivity index (χ1n) is 7.70. The molecule has 3 N–H and O–H groups in total. The number of amides is 1. The van der Waals surface area contributed by atoms with Crippen LogP contribution in [0.3, 0.4) is 0 Å². The van der Waals surface area contributed by atoms with Crippen LogP contribution in [0, 0.1) is 0 Å². The summed E-state index contributed by atoms with van der Waals surface area (Å²) in [6, 6.07) is 11.2. The van der Waals surface area contributed by atoms with E-state index in [0.717, 1.165) is 18.9 Å². The largest absolute Gasteiger partial charge is 0.356 e. The number of nitrogens with one attached hydrogen (secondary N) is 3. The number of hydrogen-bond acceptors (Lipinski definition) is 3. The highest BCUT2D eigenvalue weighted by Gasteiger charge is 2.08. The molecule has 0 saturated heterocycles. The van der Waals surface area contributed by atoms with E-state index in [2.05, 4.69) is 38.5 Å². The Balaban J connectivity index is 0.00000312. The van der Waals surface area contributed by atoms with Crippen molar-refractivity contribution >= 4 is 58.8 Å². The van der Waals surface area contributed by atoms with Crippen LogP contribution in [0.5, 0.6) is 0 Å². The molecule has 0 atom stereocenters. The van der Waals surface area contributed by atoms with Crippen LogP contribution in [0.25, 0.3) is 0 Å². The molecule has 0 spiro atoms. The molecule has 1 aromatic heterocycles. The maximum atomic E-state index is 12.0. The summed E-state index contributed by atoms with van der Waals surface area (Å²) in [5, 5.41) is 11.8. The molecule has 0 saturated carbocycles. The third-order valence-corrected chi connectivity index (χ3v) is 4.55. The van der Waals surface area contributed by atoms with Crippen LogP contribution in [-0.2, 0) is 6.42 Å². The van der Waals surface area contributed by atoms with Crippen molar-refractivity contribution in [2.24, 2.45) is 4.99 Å². The van der Waals surface area contributed by atoms with Crippen LogP contribution >= 0.6 is 46.9 Å². The molecule has 0 bridgehead atoms. The Morgan fingerprint density at radius 2 is 1.80 bits per heavy atom. The zero-order chi connectivity index (χ0) is 17.2. The van der Waals surface area contributed by atoms with Crippen molar-refractivity contribution in [2.45, 2.75) is 6.42 Å². The quantitative estimate of drug-likeness (QED) is 0.241. The molecule has 0 aliphatic rings. The standard InChI is InChI=1S/C17H21ClN4OS.HI/c1-19-17(21-9-8-13-5-4-12-24-13)22-11-10-20-16(23)14-6-2-3-7-15(14)18;/h2-7,12H,8-11H2,1H3,(H,20,23)(H2,19,21,22);1H. The summed E-state index contributed by atoms with van der Waals surface area (Å²) >= 11 is 7.75. The fourth-order valence-corrected chi connectivity index (χ4v) is 3.01. The van der Waals surface area contributed by atoms with Gasteiger partial charge in [0.1, 0.15) is 0 Å². The van der Waals surface area contributed by atoms with E-state index >= 15 is 0 Å². The minimum Gasteiger partial charge on any atom is -0.356 e. The Bertz CT molecular complexity index is 679. The molecule has 2 aromatic rings. The summed E-state index contributed by atoms with van der Waals surface area (Å²) in [6.07, 6.45) is 0.960. The van der Waals surface area contributed by atoms with Crippen molar-refractivity contribution in [2.75, 3.05) is 26.7 Å². The first-order chi connectivity index (χ1) is 11.7. The minimum absolute atomic E-state index is 0. The number of thiophene rings is 1. The van der Waals surface area contributed by atoms with Gasteiger partial charge in [0, 0.05) is 31.6 Å². The number of aliphatic imine (C=N–C) groups is 1. The summed E-state index contributed by atoms with van der Waals surface area (Å²) in [7, 11) is 1.72. The number of guanidine groups is 1. The van der Waals surface area contributed by atoms with Crippen LogP contribution in [-0.4, -0.2) is 38.5 Å². The summed E-state index contributed by atoms with van der Waals surface area (Å²) in [6.45, 7) is 1.87. The van der Waals surface area contributed by atoms with Gasteiger partial charge in [0.2, 0.25) is 0 Å².